The number of rotatable bonds is 5. The molecule has 0 spiro atoms. The standard InChI is InChI=1S/C23H20BrN3O3/c1-29-21-5-3-4-18(22(21)30-2)20-14-19(15-6-8-17(24)9-7-15)26-27(20)23(28)16-10-12-25-13-11-16/h3-13,20H,14H2,1-2H3/t20-/m1/s1. The molecule has 0 saturated heterocycles. The zero-order valence-electron chi connectivity index (χ0n) is 16.6. The molecular formula is C23H20BrN3O3. The Labute approximate surface area is 183 Å². The van der Waals surface area contributed by atoms with Crippen LogP contribution in [0, 0.1) is 0 Å². The smallest absolute Gasteiger partial charge is 0.274 e. The summed E-state index contributed by atoms with van der Waals surface area (Å²) in [6.45, 7) is 0. The molecule has 1 aliphatic rings. The van der Waals surface area contributed by atoms with Crippen molar-refractivity contribution in [1.82, 2.24) is 9.99 Å². The molecule has 0 bridgehead atoms. The van der Waals surface area contributed by atoms with Crippen molar-refractivity contribution >= 4 is 27.5 Å². The van der Waals surface area contributed by atoms with Crippen LogP contribution in [0.25, 0.3) is 0 Å². The Bertz CT molecular complexity index is 1080. The van der Waals surface area contributed by atoms with Gasteiger partial charge in [0.2, 0.25) is 0 Å². The van der Waals surface area contributed by atoms with E-state index in [-0.39, 0.29) is 11.9 Å². The van der Waals surface area contributed by atoms with Gasteiger partial charge in [-0.3, -0.25) is 9.78 Å². The summed E-state index contributed by atoms with van der Waals surface area (Å²) in [7, 11) is 3.20. The van der Waals surface area contributed by atoms with E-state index in [1.165, 1.54) is 5.01 Å². The molecule has 1 aliphatic heterocycles. The zero-order valence-corrected chi connectivity index (χ0v) is 18.2. The predicted octanol–water partition coefficient (Wildman–Crippen LogP) is 4.85. The minimum absolute atomic E-state index is 0.195. The van der Waals surface area contributed by atoms with E-state index >= 15 is 0 Å². The molecule has 0 radical (unpaired) electrons. The van der Waals surface area contributed by atoms with E-state index in [9.17, 15) is 4.79 Å². The van der Waals surface area contributed by atoms with Crippen LogP contribution >= 0.6 is 15.9 Å². The number of para-hydroxylation sites is 1. The summed E-state index contributed by atoms with van der Waals surface area (Å²) in [5, 5.41) is 6.25. The molecule has 2 aromatic carbocycles. The zero-order chi connectivity index (χ0) is 21.1. The van der Waals surface area contributed by atoms with Gasteiger partial charge < -0.3 is 9.47 Å². The van der Waals surface area contributed by atoms with Crippen molar-refractivity contribution in [2.75, 3.05) is 14.2 Å². The fourth-order valence-corrected chi connectivity index (χ4v) is 3.82. The highest BCUT2D eigenvalue weighted by Crippen LogP contribution is 2.42. The van der Waals surface area contributed by atoms with Crippen molar-refractivity contribution in [2.24, 2.45) is 5.10 Å². The molecule has 0 saturated carbocycles. The second-order valence-electron chi connectivity index (χ2n) is 6.74. The fraction of sp³-hybridized carbons (Fsp3) is 0.174. The van der Waals surface area contributed by atoms with Gasteiger partial charge in [-0.1, -0.05) is 40.2 Å². The molecule has 1 amide bonds. The Hall–Kier alpha value is -3.19. The van der Waals surface area contributed by atoms with E-state index in [1.807, 2.05) is 42.5 Å². The van der Waals surface area contributed by atoms with Gasteiger partial charge in [0, 0.05) is 34.4 Å². The molecule has 0 aliphatic carbocycles. The normalized spacial score (nSPS) is 15.6. The molecule has 3 aromatic rings. The molecule has 0 unspecified atom stereocenters. The Morgan fingerprint density at radius 1 is 1.03 bits per heavy atom. The maximum Gasteiger partial charge on any atom is 0.274 e. The highest BCUT2D eigenvalue weighted by molar-refractivity contribution is 9.10. The SMILES string of the molecule is COc1cccc([C@H]2CC(c3ccc(Br)cc3)=NN2C(=O)c2ccncc2)c1OC. The number of carbonyl (C=O) groups is 1. The lowest BCUT2D eigenvalue weighted by Gasteiger charge is -2.24. The Morgan fingerprint density at radius 2 is 1.77 bits per heavy atom. The van der Waals surface area contributed by atoms with E-state index in [4.69, 9.17) is 14.6 Å². The van der Waals surface area contributed by atoms with Crippen molar-refractivity contribution in [3.63, 3.8) is 0 Å². The highest BCUT2D eigenvalue weighted by Gasteiger charge is 2.36. The lowest BCUT2D eigenvalue weighted by Crippen LogP contribution is -2.27. The van der Waals surface area contributed by atoms with Gasteiger partial charge in [-0.15, -0.1) is 0 Å². The number of benzene rings is 2. The topological polar surface area (TPSA) is 64.0 Å². The van der Waals surface area contributed by atoms with Crippen molar-refractivity contribution in [2.45, 2.75) is 12.5 Å². The third kappa shape index (κ3) is 3.80. The molecule has 2 heterocycles. The van der Waals surface area contributed by atoms with Crippen molar-refractivity contribution in [1.29, 1.82) is 0 Å². The molecule has 1 atom stereocenters. The van der Waals surface area contributed by atoms with Crippen LogP contribution in [0.3, 0.4) is 0 Å². The number of ether oxygens (including phenoxy) is 2. The summed E-state index contributed by atoms with van der Waals surface area (Å²) in [6, 6.07) is 16.6. The molecule has 6 nitrogen and oxygen atoms in total. The van der Waals surface area contributed by atoms with Crippen molar-refractivity contribution in [3.05, 3.63) is 88.2 Å². The summed E-state index contributed by atoms with van der Waals surface area (Å²) in [5.74, 6) is 1.02. The number of pyridine rings is 1. The predicted molar refractivity (Wildman–Crippen MR) is 118 cm³/mol. The first-order valence-electron chi connectivity index (χ1n) is 9.40. The van der Waals surface area contributed by atoms with Gasteiger partial charge in [0.05, 0.1) is 26.0 Å². The van der Waals surface area contributed by atoms with Gasteiger partial charge >= 0.3 is 0 Å². The minimum atomic E-state index is -0.325. The molecule has 0 fully saturated rings. The van der Waals surface area contributed by atoms with E-state index < -0.39 is 0 Å². The summed E-state index contributed by atoms with van der Waals surface area (Å²) >= 11 is 3.46. The molecule has 152 valence electrons. The Morgan fingerprint density at radius 3 is 2.43 bits per heavy atom. The number of methoxy groups -OCH3 is 2. The molecule has 0 N–H and O–H groups in total. The Kier molecular flexibility index (Phi) is 5.81. The maximum absolute atomic E-state index is 13.3. The average molecular weight is 466 g/mol. The van der Waals surface area contributed by atoms with Gasteiger partial charge in [-0.2, -0.15) is 5.10 Å². The van der Waals surface area contributed by atoms with Crippen molar-refractivity contribution in [3.8, 4) is 11.5 Å². The van der Waals surface area contributed by atoms with Crippen LogP contribution in [0.2, 0.25) is 0 Å². The first kappa shape index (κ1) is 20.1. The van der Waals surface area contributed by atoms with Crippen LogP contribution in [-0.2, 0) is 0 Å². The van der Waals surface area contributed by atoms with Gasteiger partial charge in [-0.05, 0) is 35.9 Å². The first-order valence-corrected chi connectivity index (χ1v) is 10.2. The van der Waals surface area contributed by atoms with Gasteiger partial charge in [0.15, 0.2) is 11.5 Å². The monoisotopic (exact) mass is 465 g/mol. The second kappa shape index (κ2) is 8.67. The highest BCUT2D eigenvalue weighted by atomic mass is 79.9. The average Bonchev–Trinajstić information content (AvgIpc) is 3.24. The third-order valence-corrected chi connectivity index (χ3v) is 5.54. The van der Waals surface area contributed by atoms with E-state index in [0.717, 1.165) is 21.3 Å². The van der Waals surface area contributed by atoms with Gasteiger partial charge in [-0.25, -0.2) is 5.01 Å². The van der Waals surface area contributed by atoms with E-state index in [1.54, 1.807) is 38.7 Å². The van der Waals surface area contributed by atoms with Crippen LogP contribution in [0.4, 0.5) is 0 Å². The van der Waals surface area contributed by atoms with E-state index in [2.05, 4.69) is 20.9 Å². The number of nitrogens with zero attached hydrogens (tertiary/aromatic N) is 3. The minimum Gasteiger partial charge on any atom is -0.493 e. The number of aromatic nitrogens is 1. The maximum atomic E-state index is 13.3. The quantitative estimate of drug-likeness (QED) is 0.539. The first-order chi connectivity index (χ1) is 14.6. The molecule has 1 aromatic heterocycles. The number of halogens is 1. The number of hydrogen-bond donors (Lipinski definition) is 0. The Balaban J connectivity index is 1.79. The number of hydrazone groups is 1. The van der Waals surface area contributed by atoms with Crippen LogP contribution < -0.4 is 9.47 Å². The third-order valence-electron chi connectivity index (χ3n) is 5.02. The summed E-state index contributed by atoms with van der Waals surface area (Å²) < 4.78 is 12.1. The van der Waals surface area contributed by atoms with Crippen molar-refractivity contribution < 1.29 is 14.3 Å². The van der Waals surface area contributed by atoms with Gasteiger partial charge in [0.1, 0.15) is 0 Å². The van der Waals surface area contributed by atoms with Crippen LogP contribution in [0.1, 0.15) is 33.9 Å². The number of hydrogen-bond acceptors (Lipinski definition) is 5. The van der Waals surface area contributed by atoms with Crippen LogP contribution in [-0.4, -0.2) is 35.8 Å². The molecular weight excluding hydrogens is 446 g/mol. The van der Waals surface area contributed by atoms with Gasteiger partial charge in [0.25, 0.3) is 5.91 Å². The lowest BCUT2D eigenvalue weighted by atomic mass is 9.97. The summed E-state index contributed by atoms with van der Waals surface area (Å²) in [4.78, 5) is 17.3. The summed E-state index contributed by atoms with van der Waals surface area (Å²) in [6.07, 6.45) is 3.76. The lowest BCUT2D eigenvalue weighted by molar-refractivity contribution is 0.0709. The van der Waals surface area contributed by atoms with E-state index in [0.29, 0.717) is 23.5 Å². The second-order valence-corrected chi connectivity index (χ2v) is 7.66. The molecule has 4 rings (SSSR count). The number of amides is 1. The number of carbonyl (C=O) groups excluding carboxylic acids is 1. The molecule has 30 heavy (non-hydrogen) atoms. The summed E-state index contributed by atoms with van der Waals surface area (Å²) in [5.41, 5.74) is 3.17. The largest absolute Gasteiger partial charge is 0.493 e. The van der Waals surface area contributed by atoms with Crippen LogP contribution in [0.5, 0.6) is 11.5 Å². The van der Waals surface area contributed by atoms with Crippen LogP contribution in [0.15, 0.2) is 76.6 Å². The fourth-order valence-electron chi connectivity index (χ4n) is 3.56. The molecule has 7 heteroatoms.